The molecule has 6 aromatic rings. The van der Waals surface area contributed by atoms with Gasteiger partial charge in [-0.1, -0.05) is 65.7 Å². The average Bonchev–Trinajstić information content (AvgIpc) is 3.90. The number of benzene rings is 4. The lowest BCUT2D eigenvalue weighted by Gasteiger charge is -2.38. The fraction of sp³-hybridized carbons (Fsp3) is 0.200. The van der Waals surface area contributed by atoms with Gasteiger partial charge in [-0.15, -0.1) is 0 Å². The molecule has 3 aliphatic rings. The number of rotatable bonds is 7. The van der Waals surface area contributed by atoms with Crippen LogP contribution in [0.5, 0.6) is 0 Å². The first-order valence-corrected chi connectivity index (χ1v) is 18.2. The molecule has 0 aliphatic carbocycles. The lowest BCUT2D eigenvalue weighted by atomic mass is 9.88. The lowest BCUT2D eigenvalue weighted by Crippen LogP contribution is -2.46. The molecular weight excluding hydrogens is 713 g/mol. The first kappa shape index (κ1) is 33.1. The van der Waals surface area contributed by atoms with Gasteiger partial charge in [0.15, 0.2) is 0 Å². The summed E-state index contributed by atoms with van der Waals surface area (Å²) in [4.78, 5) is 51.5. The van der Waals surface area contributed by atoms with Gasteiger partial charge in [0.2, 0.25) is 0 Å². The Kier molecular flexibility index (Phi) is 8.12. The molecule has 53 heavy (non-hydrogen) atoms. The second kappa shape index (κ2) is 13.0. The molecule has 0 spiro atoms. The van der Waals surface area contributed by atoms with Crippen molar-refractivity contribution < 1.29 is 19.5 Å². The molecule has 11 nitrogen and oxygen atoms in total. The van der Waals surface area contributed by atoms with Gasteiger partial charge in [-0.25, -0.2) is 14.6 Å². The van der Waals surface area contributed by atoms with Crippen LogP contribution >= 0.6 is 23.2 Å². The number of nitrogens with zero attached hydrogens (tertiary/aromatic N) is 4. The number of piperidine rings is 1. The molecule has 4 aromatic carbocycles. The molecule has 0 saturated carbocycles. The second-order valence-electron chi connectivity index (χ2n) is 13.6. The van der Waals surface area contributed by atoms with Gasteiger partial charge in [-0.3, -0.25) is 4.79 Å². The first-order chi connectivity index (χ1) is 25.7. The van der Waals surface area contributed by atoms with Crippen molar-refractivity contribution in [1.29, 1.82) is 0 Å². The van der Waals surface area contributed by atoms with Crippen LogP contribution in [0.4, 0.5) is 16.2 Å². The van der Waals surface area contributed by atoms with Crippen LogP contribution in [0.3, 0.4) is 0 Å². The Hall–Kier alpha value is -5.78. The Morgan fingerprint density at radius 3 is 2.40 bits per heavy atom. The fourth-order valence-corrected chi connectivity index (χ4v) is 8.53. The van der Waals surface area contributed by atoms with Crippen molar-refractivity contribution in [2.75, 3.05) is 36.4 Å². The highest BCUT2D eigenvalue weighted by Gasteiger charge is 2.37. The molecule has 5 heterocycles. The third kappa shape index (κ3) is 5.67. The van der Waals surface area contributed by atoms with E-state index >= 15 is 0 Å². The van der Waals surface area contributed by atoms with Crippen LogP contribution in [0.2, 0.25) is 10.0 Å². The molecule has 0 radical (unpaired) electrons. The summed E-state index contributed by atoms with van der Waals surface area (Å²) in [5, 5.41) is 17.9. The standard InChI is InChI=1S/C40H33Cl2N7O4/c41-25-9-6-23(7-10-25)36-28-19-26(42)20-30-32(28)33(37-34(44-21-49(36)37)22-4-2-1-3-5-22)35(45-30)38(50)46-29-18-24(39(51)52)8-11-31(29)47-15-12-27(13-16-47)48-17-14-43-40(48)53/h1-11,18-21,27,36,45H,12-17H2,(H,43,53)(H,46,50)(H,51,52). The number of fused-ring (bicyclic) bond motifs is 2. The number of nitrogens with one attached hydrogen (secondary N) is 3. The van der Waals surface area contributed by atoms with Crippen LogP contribution in [-0.2, 0) is 0 Å². The van der Waals surface area contributed by atoms with Gasteiger partial charge in [0.25, 0.3) is 5.91 Å². The van der Waals surface area contributed by atoms with Gasteiger partial charge in [0, 0.05) is 64.3 Å². The predicted molar refractivity (Wildman–Crippen MR) is 205 cm³/mol. The zero-order valence-corrected chi connectivity index (χ0v) is 29.8. The van der Waals surface area contributed by atoms with E-state index in [0.29, 0.717) is 70.1 Å². The van der Waals surface area contributed by atoms with Crippen molar-refractivity contribution in [2.45, 2.75) is 24.9 Å². The van der Waals surface area contributed by atoms with Crippen LogP contribution in [-0.4, -0.2) is 74.7 Å². The van der Waals surface area contributed by atoms with Gasteiger partial charge in [-0.05, 0) is 66.4 Å². The highest BCUT2D eigenvalue weighted by molar-refractivity contribution is 6.32. The summed E-state index contributed by atoms with van der Waals surface area (Å²) >= 11 is 13.1. The number of halogens is 2. The maximum atomic E-state index is 14.7. The van der Waals surface area contributed by atoms with Gasteiger partial charge in [0.05, 0.1) is 40.7 Å². The van der Waals surface area contributed by atoms with Gasteiger partial charge in [-0.2, -0.15) is 0 Å². The van der Waals surface area contributed by atoms with Crippen LogP contribution < -0.4 is 15.5 Å². The highest BCUT2D eigenvalue weighted by Crippen LogP contribution is 2.50. The molecule has 3 amide bonds. The summed E-state index contributed by atoms with van der Waals surface area (Å²) in [6.07, 6.45) is 3.29. The number of carbonyl (C=O) groups is 3. The summed E-state index contributed by atoms with van der Waals surface area (Å²) in [5.74, 6) is -1.54. The zero-order chi connectivity index (χ0) is 36.4. The highest BCUT2D eigenvalue weighted by atomic mass is 35.5. The number of hydrogen-bond acceptors (Lipinski definition) is 5. The number of carboxylic acid groups (broad SMARTS) is 1. The van der Waals surface area contributed by atoms with Crippen LogP contribution in [0.1, 0.15) is 50.9 Å². The van der Waals surface area contributed by atoms with Gasteiger partial charge < -0.3 is 35.1 Å². The number of H-pyrrole nitrogens is 1. The minimum absolute atomic E-state index is 0.0368. The molecule has 0 bridgehead atoms. The van der Waals surface area contributed by atoms with E-state index in [9.17, 15) is 19.5 Å². The van der Waals surface area contributed by atoms with Crippen molar-refractivity contribution in [1.82, 2.24) is 24.8 Å². The van der Waals surface area contributed by atoms with Crippen molar-refractivity contribution in [3.05, 3.63) is 124 Å². The van der Waals surface area contributed by atoms with E-state index in [-0.39, 0.29) is 23.7 Å². The summed E-state index contributed by atoms with van der Waals surface area (Å²) in [6, 6.07) is 25.8. The molecule has 13 heteroatoms. The minimum Gasteiger partial charge on any atom is -0.478 e. The number of anilines is 2. The number of imidazole rings is 1. The van der Waals surface area contributed by atoms with Crippen molar-refractivity contribution >= 4 is 63.4 Å². The minimum atomic E-state index is -1.10. The molecule has 2 aromatic heterocycles. The second-order valence-corrected chi connectivity index (χ2v) is 14.5. The lowest BCUT2D eigenvalue weighted by molar-refractivity contribution is 0.0696. The van der Waals surface area contributed by atoms with E-state index in [1.807, 2.05) is 71.6 Å². The molecule has 266 valence electrons. The van der Waals surface area contributed by atoms with E-state index in [1.54, 1.807) is 18.5 Å². The smallest absolute Gasteiger partial charge is 0.335 e. The van der Waals surface area contributed by atoms with Gasteiger partial charge >= 0.3 is 12.0 Å². The molecule has 4 N–H and O–H groups in total. The van der Waals surface area contributed by atoms with Crippen LogP contribution in [0.15, 0.2) is 91.3 Å². The van der Waals surface area contributed by atoms with Crippen LogP contribution in [0, 0.1) is 0 Å². The largest absolute Gasteiger partial charge is 0.478 e. The van der Waals surface area contributed by atoms with Crippen LogP contribution in [0.25, 0.3) is 33.4 Å². The number of aromatic carboxylic acids is 1. The number of carboxylic acids is 1. The molecular formula is C40H33Cl2N7O4. The average molecular weight is 747 g/mol. The molecule has 9 rings (SSSR count). The van der Waals surface area contributed by atoms with E-state index in [0.717, 1.165) is 40.6 Å². The molecule has 1 unspecified atom stereocenters. The summed E-state index contributed by atoms with van der Waals surface area (Å²) < 4.78 is 2.07. The van der Waals surface area contributed by atoms with Gasteiger partial charge in [0.1, 0.15) is 5.69 Å². The van der Waals surface area contributed by atoms with E-state index in [1.165, 1.54) is 6.07 Å². The Morgan fingerprint density at radius 2 is 1.68 bits per heavy atom. The summed E-state index contributed by atoms with van der Waals surface area (Å²) in [6.45, 7) is 2.60. The molecule has 1 atom stereocenters. The number of urea groups is 1. The molecule has 2 saturated heterocycles. The Morgan fingerprint density at radius 1 is 0.906 bits per heavy atom. The zero-order valence-electron chi connectivity index (χ0n) is 28.3. The van der Waals surface area contributed by atoms with Crippen molar-refractivity contribution in [2.24, 2.45) is 0 Å². The Balaban J connectivity index is 1.15. The number of carbonyl (C=O) groups excluding carboxylic acids is 2. The maximum absolute atomic E-state index is 14.7. The first-order valence-electron chi connectivity index (χ1n) is 17.5. The predicted octanol–water partition coefficient (Wildman–Crippen LogP) is 7.90. The third-order valence-electron chi connectivity index (χ3n) is 10.6. The van der Waals surface area contributed by atoms with Crippen molar-refractivity contribution in [3.63, 3.8) is 0 Å². The number of amides is 3. The molecule has 2 fully saturated rings. The maximum Gasteiger partial charge on any atom is 0.335 e. The van der Waals surface area contributed by atoms with Crippen molar-refractivity contribution in [3.8, 4) is 22.5 Å². The van der Waals surface area contributed by atoms with E-state index in [2.05, 4.69) is 25.1 Å². The summed E-state index contributed by atoms with van der Waals surface area (Å²) in [5.41, 5.74) is 7.01. The number of hydrogen-bond donors (Lipinski definition) is 4. The van der Waals surface area contributed by atoms with E-state index in [4.69, 9.17) is 28.2 Å². The third-order valence-corrected chi connectivity index (χ3v) is 11.1. The number of aromatic nitrogens is 3. The Labute approximate surface area is 314 Å². The fourth-order valence-electron chi connectivity index (χ4n) is 8.18. The van der Waals surface area contributed by atoms with E-state index < -0.39 is 11.9 Å². The Bertz CT molecular complexity index is 2440. The normalized spacial score (nSPS) is 16.9. The monoisotopic (exact) mass is 745 g/mol. The quantitative estimate of drug-likeness (QED) is 0.131. The topological polar surface area (TPSA) is 136 Å². The summed E-state index contributed by atoms with van der Waals surface area (Å²) in [7, 11) is 0. The SMILES string of the molecule is O=C(O)c1ccc(N2CCC(N3CCNC3=O)CC2)c(NC(=O)c2[nH]c3cc(Cl)cc4c3c2-c2c(-c3ccccc3)ncn2C4c2ccc(Cl)cc2)c1. The molecule has 3 aliphatic heterocycles. The number of aromatic amines is 1.